The van der Waals surface area contributed by atoms with Crippen molar-refractivity contribution in [2.24, 2.45) is 5.92 Å². The molecule has 1 atom stereocenters. The van der Waals surface area contributed by atoms with Crippen LogP contribution in [0.25, 0.3) is 0 Å². The maximum Gasteiger partial charge on any atom is 0.308 e. The number of aliphatic carboxylic acids is 1. The van der Waals surface area contributed by atoms with Gasteiger partial charge in [0, 0.05) is 26.6 Å². The number of carboxylic acid groups (broad SMARTS) is 1. The largest absolute Gasteiger partial charge is 0.481 e. The van der Waals surface area contributed by atoms with E-state index in [4.69, 9.17) is 9.84 Å². The fourth-order valence-corrected chi connectivity index (χ4v) is 1.53. The first-order valence-electron chi connectivity index (χ1n) is 4.64. The molecule has 0 spiro atoms. The Morgan fingerprint density at radius 3 is 3.00 bits per heavy atom. The molecule has 0 aromatic rings. The van der Waals surface area contributed by atoms with Crippen LogP contribution in [-0.2, 0) is 14.3 Å². The number of carbonyl (C=O) groups excluding carboxylic acids is 1. The van der Waals surface area contributed by atoms with Crippen LogP contribution in [0.1, 0.15) is 12.8 Å². The van der Waals surface area contributed by atoms with E-state index in [1.54, 1.807) is 12.0 Å². The Bertz CT molecular complexity index is 229. The smallest absolute Gasteiger partial charge is 0.308 e. The van der Waals surface area contributed by atoms with Crippen LogP contribution >= 0.6 is 0 Å². The Labute approximate surface area is 82.6 Å². The van der Waals surface area contributed by atoms with Crippen molar-refractivity contribution in [3.63, 3.8) is 0 Å². The molecule has 1 amide bonds. The summed E-state index contributed by atoms with van der Waals surface area (Å²) in [5.74, 6) is -1.20. The minimum atomic E-state index is -0.820. The first-order chi connectivity index (χ1) is 6.65. The van der Waals surface area contributed by atoms with E-state index in [0.717, 1.165) is 0 Å². The number of amides is 1. The summed E-state index contributed by atoms with van der Waals surface area (Å²) < 4.78 is 4.85. The molecule has 1 saturated heterocycles. The highest BCUT2D eigenvalue weighted by Gasteiger charge is 2.29. The van der Waals surface area contributed by atoms with Crippen molar-refractivity contribution in [3.05, 3.63) is 0 Å². The van der Waals surface area contributed by atoms with Gasteiger partial charge in [0.15, 0.2) is 0 Å². The molecule has 14 heavy (non-hydrogen) atoms. The van der Waals surface area contributed by atoms with Gasteiger partial charge in [-0.05, 0) is 6.42 Å². The number of likely N-dealkylation sites (tertiary alicyclic amines) is 1. The number of ether oxygens (including phenoxy) is 1. The first kappa shape index (κ1) is 11.0. The van der Waals surface area contributed by atoms with Gasteiger partial charge in [0.2, 0.25) is 5.91 Å². The Hall–Kier alpha value is -1.10. The first-order valence-corrected chi connectivity index (χ1v) is 4.64. The number of piperidine rings is 1. The van der Waals surface area contributed by atoms with E-state index in [9.17, 15) is 9.59 Å². The summed E-state index contributed by atoms with van der Waals surface area (Å²) in [4.78, 5) is 23.6. The monoisotopic (exact) mass is 201 g/mol. The second-order valence-corrected chi connectivity index (χ2v) is 3.41. The summed E-state index contributed by atoms with van der Waals surface area (Å²) in [6.45, 7) is 1.26. The van der Waals surface area contributed by atoms with Gasteiger partial charge in [-0.15, -0.1) is 0 Å². The third kappa shape index (κ3) is 2.70. The molecule has 5 nitrogen and oxygen atoms in total. The zero-order valence-electron chi connectivity index (χ0n) is 8.23. The molecule has 1 heterocycles. The topological polar surface area (TPSA) is 66.8 Å². The van der Waals surface area contributed by atoms with Gasteiger partial charge >= 0.3 is 5.97 Å². The van der Waals surface area contributed by atoms with Crippen LogP contribution in [0.5, 0.6) is 0 Å². The number of carboxylic acids is 1. The van der Waals surface area contributed by atoms with Crippen molar-refractivity contribution in [2.45, 2.75) is 12.8 Å². The Morgan fingerprint density at radius 1 is 1.71 bits per heavy atom. The highest BCUT2D eigenvalue weighted by molar-refractivity contribution is 5.80. The fraction of sp³-hybridized carbons (Fsp3) is 0.778. The Morgan fingerprint density at radius 2 is 2.43 bits per heavy atom. The molecule has 1 aliphatic rings. The van der Waals surface area contributed by atoms with Crippen molar-refractivity contribution >= 4 is 11.9 Å². The maximum absolute atomic E-state index is 11.3. The predicted molar refractivity (Wildman–Crippen MR) is 48.8 cm³/mol. The van der Waals surface area contributed by atoms with Crippen LogP contribution in [0.15, 0.2) is 0 Å². The van der Waals surface area contributed by atoms with E-state index in [2.05, 4.69) is 0 Å². The van der Waals surface area contributed by atoms with E-state index in [1.165, 1.54) is 0 Å². The molecule has 1 aliphatic heterocycles. The minimum absolute atomic E-state index is 0.0274. The molecule has 1 N–H and O–H groups in total. The van der Waals surface area contributed by atoms with Gasteiger partial charge in [0.25, 0.3) is 0 Å². The lowest BCUT2D eigenvalue weighted by molar-refractivity contribution is -0.147. The SMILES string of the molecule is COCCN1CC(C(=O)O)CCC1=O. The van der Waals surface area contributed by atoms with Gasteiger partial charge < -0.3 is 14.7 Å². The average Bonchev–Trinajstić information content (AvgIpc) is 2.16. The number of hydrogen-bond acceptors (Lipinski definition) is 3. The van der Waals surface area contributed by atoms with E-state index < -0.39 is 11.9 Å². The van der Waals surface area contributed by atoms with E-state index in [-0.39, 0.29) is 5.91 Å². The number of nitrogens with zero attached hydrogens (tertiary/aromatic N) is 1. The molecule has 5 heteroatoms. The molecule has 0 aliphatic carbocycles. The molecular formula is C9H15NO4. The molecule has 1 unspecified atom stereocenters. The number of rotatable bonds is 4. The lowest BCUT2D eigenvalue weighted by Crippen LogP contribution is -2.43. The third-order valence-corrected chi connectivity index (χ3v) is 2.41. The van der Waals surface area contributed by atoms with E-state index >= 15 is 0 Å². The molecule has 0 aromatic heterocycles. The van der Waals surface area contributed by atoms with Crippen molar-refractivity contribution in [1.82, 2.24) is 4.90 Å². The van der Waals surface area contributed by atoms with Crippen molar-refractivity contribution in [3.8, 4) is 0 Å². The van der Waals surface area contributed by atoms with Gasteiger partial charge in [-0.1, -0.05) is 0 Å². The van der Waals surface area contributed by atoms with Gasteiger partial charge in [0.05, 0.1) is 12.5 Å². The average molecular weight is 201 g/mol. The quantitative estimate of drug-likeness (QED) is 0.692. The van der Waals surface area contributed by atoms with Gasteiger partial charge in [-0.25, -0.2) is 0 Å². The summed E-state index contributed by atoms with van der Waals surface area (Å²) in [6, 6.07) is 0. The molecule has 1 fully saturated rings. The third-order valence-electron chi connectivity index (χ3n) is 2.41. The van der Waals surface area contributed by atoms with E-state index in [1.807, 2.05) is 0 Å². The zero-order chi connectivity index (χ0) is 10.6. The molecule has 0 saturated carbocycles. The number of carbonyl (C=O) groups is 2. The zero-order valence-corrected chi connectivity index (χ0v) is 8.23. The lowest BCUT2D eigenvalue weighted by atomic mass is 9.98. The summed E-state index contributed by atoms with van der Waals surface area (Å²) in [5, 5.41) is 8.80. The van der Waals surface area contributed by atoms with Crippen LogP contribution in [0.2, 0.25) is 0 Å². The molecule has 0 radical (unpaired) electrons. The van der Waals surface area contributed by atoms with Crippen LogP contribution < -0.4 is 0 Å². The molecular weight excluding hydrogens is 186 g/mol. The van der Waals surface area contributed by atoms with Crippen molar-refractivity contribution in [1.29, 1.82) is 0 Å². The van der Waals surface area contributed by atoms with Crippen molar-refractivity contribution < 1.29 is 19.4 Å². The van der Waals surface area contributed by atoms with Crippen molar-refractivity contribution in [2.75, 3.05) is 26.8 Å². The predicted octanol–water partition coefficient (Wildman–Crippen LogP) is -0.0440. The van der Waals surface area contributed by atoms with E-state index in [0.29, 0.717) is 32.5 Å². The van der Waals surface area contributed by atoms with Gasteiger partial charge in [0.1, 0.15) is 0 Å². The second-order valence-electron chi connectivity index (χ2n) is 3.41. The minimum Gasteiger partial charge on any atom is -0.481 e. The standard InChI is InChI=1S/C9H15NO4/c1-14-5-4-10-6-7(9(12)13)2-3-8(10)11/h7H,2-6H2,1H3,(H,12,13). The molecule has 0 aromatic carbocycles. The summed E-state index contributed by atoms with van der Waals surface area (Å²) in [6.07, 6.45) is 0.790. The normalized spacial score (nSPS) is 22.5. The second kappa shape index (κ2) is 4.95. The fourth-order valence-electron chi connectivity index (χ4n) is 1.53. The molecule has 0 bridgehead atoms. The number of methoxy groups -OCH3 is 1. The van der Waals surface area contributed by atoms with Crippen LogP contribution in [-0.4, -0.2) is 48.7 Å². The molecule has 1 rings (SSSR count). The summed E-state index contributed by atoms with van der Waals surface area (Å²) in [5.41, 5.74) is 0. The van der Waals surface area contributed by atoms with Gasteiger partial charge in [-0.2, -0.15) is 0 Å². The van der Waals surface area contributed by atoms with Crippen LogP contribution in [0, 0.1) is 5.92 Å². The highest BCUT2D eigenvalue weighted by atomic mass is 16.5. The molecule has 80 valence electrons. The Balaban J connectivity index is 2.46. The van der Waals surface area contributed by atoms with Crippen LogP contribution in [0.4, 0.5) is 0 Å². The summed E-state index contributed by atoms with van der Waals surface area (Å²) in [7, 11) is 1.56. The highest BCUT2D eigenvalue weighted by Crippen LogP contribution is 2.17. The Kier molecular flexibility index (Phi) is 3.88. The summed E-state index contributed by atoms with van der Waals surface area (Å²) >= 11 is 0. The van der Waals surface area contributed by atoms with Crippen LogP contribution in [0.3, 0.4) is 0 Å². The maximum atomic E-state index is 11.3. The van der Waals surface area contributed by atoms with Gasteiger partial charge in [-0.3, -0.25) is 9.59 Å². The lowest BCUT2D eigenvalue weighted by Gasteiger charge is -2.30. The number of hydrogen-bond donors (Lipinski definition) is 1.